The van der Waals surface area contributed by atoms with Gasteiger partial charge in [0.1, 0.15) is 5.69 Å². The molecule has 0 atom stereocenters. The third kappa shape index (κ3) is 3.48. The molecule has 5 aromatic rings. The molecule has 2 N–H and O–H groups in total. The summed E-state index contributed by atoms with van der Waals surface area (Å²) in [6, 6.07) is 9.19. The maximum absolute atomic E-state index is 12.6. The van der Waals surface area contributed by atoms with Crippen LogP contribution >= 0.6 is 11.3 Å². The molecule has 0 saturated carbocycles. The maximum Gasteiger partial charge on any atom is 0.314 e. The Hall–Kier alpha value is -3.80. The summed E-state index contributed by atoms with van der Waals surface area (Å²) >= 11 is 1.42. The summed E-state index contributed by atoms with van der Waals surface area (Å²) in [4.78, 5) is 8.55. The van der Waals surface area contributed by atoms with Gasteiger partial charge in [0.05, 0.1) is 34.2 Å². The number of hydrogen-bond donors (Lipinski definition) is 1. The molecule has 0 unspecified atom stereocenters. The number of aromatic nitrogens is 7. The van der Waals surface area contributed by atoms with Crippen molar-refractivity contribution in [2.75, 3.05) is 5.73 Å². The third-order valence-corrected chi connectivity index (χ3v) is 5.11. The lowest BCUT2D eigenvalue weighted by Gasteiger charge is -2.01. The van der Waals surface area contributed by atoms with Gasteiger partial charge in [0, 0.05) is 11.8 Å². The molecule has 0 spiro atoms. The van der Waals surface area contributed by atoms with E-state index in [-0.39, 0.29) is 5.89 Å². The average molecular weight is 426 g/mol. The Kier molecular flexibility index (Phi) is 4.39. The van der Waals surface area contributed by atoms with Crippen LogP contribution in [0.5, 0.6) is 0 Å². The molecule has 1 aromatic carbocycles. The van der Waals surface area contributed by atoms with Crippen LogP contribution in [0.2, 0.25) is 0 Å². The number of nitrogen functional groups attached to an aromatic ring is 1. The summed E-state index contributed by atoms with van der Waals surface area (Å²) in [6.45, 7) is 0.384. The van der Waals surface area contributed by atoms with Gasteiger partial charge >= 0.3 is 6.43 Å². The second kappa shape index (κ2) is 7.22. The van der Waals surface area contributed by atoms with Crippen molar-refractivity contribution in [1.82, 2.24) is 35.2 Å². The number of nitrogens with zero attached hydrogens (tertiary/aromatic N) is 7. The first-order valence-corrected chi connectivity index (χ1v) is 9.50. The molecule has 0 aliphatic heterocycles. The van der Waals surface area contributed by atoms with Crippen molar-refractivity contribution in [3.8, 4) is 22.7 Å². The summed E-state index contributed by atoms with van der Waals surface area (Å²) in [6.07, 6.45) is 0.487. The van der Waals surface area contributed by atoms with Crippen molar-refractivity contribution >= 4 is 26.7 Å². The van der Waals surface area contributed by atoms with Crippen molar-refractivity contribution in [3.05, 3.63) is 54.3 Å². The van der Waals surface area contributed by atoms with E-state index >= 15 is 0 Å². The normalized spacial score (nSPS) is 11.6. The van der Waals surface area contributed by atoms with Crippen LogP contribution in [0, 0.1) is 0 Å². The molecular weight excluding hydrogens is 414 g/mol. The number of alkyl halides is 2. The molecule has 150 valence electrons. The fourth-order valence-electron chi connectivity index (χ4n) is 2.86. The molecule has 4 aromatic heterocycles. The van der Waals surface area contributed by atoms with E-state index in [4.69, 9.17) is 10.2 Å². The first kappa shape index (κ1) is 18.2. The topological polar surface area (TPSA) is 121 Å². The van der Waals surface area contributed by atoms with Gasteiger partial charge in [0.2, 0.25) is 5.89 Å². The fourth-order valence-corrected chi connectivity index (χ4v) is 3.63. The Morgan fingerprint density at radius 2 is 1.97 bits per heavy atom. The second-order valence-electron chi connectivity index (χ2n) is 6.32. The maximum atomic E-state index is 12.6. The van der Waals surface area contributed by atoms with E-state index in [1.807, 2.05) is 24.4 Å². The molecule has 0 amide bonds. The van der Waals surface area contributed by atoms with Gasteiger partial charge in [-0.3, -0.25) is 4.98 Å². The Morgan fingerprint density at radius 3 is 2.73 bits per heavy atom. The number of fused-ring (bicyclic) bond motifs is 1. The molecule has 0 aliphatic rings. The smallest absolute Gasteiger partial charge is 0.314 e. The number of pyridine rings is 1. The molecular formula is C18H12F2N8OS. The number of nitrogens with two attached hydrogens (primary N) is 1. The monoisotopic (exact) mass is 426 g/mol. The van der Waals surface area contributed by atoms with Crippen LogP contribution in [-0.4, -0.2) is 35.2 Å². The standard InChI is InChI=1S/C18H12F2N8OS/c19-15(20)17-26-25-16(29-17)10-1-3-11(22-6-10)7-28-8-13(24-27-28)9-2-4-12-14(5-9)30-18(21)23-12/h1-6,8,15H,7H2,(H2,21,23). The Balaban J connectivity index is 1.33. The minimum Gasteiger partial charge on any atom is -0.415 e. The predicted molar refractivity (Wildman–Crippen MR) is 105 cm³/mol. The number of thiazole rings is 1. The number of rotatable bonds is 5. The highest BCUT2D eigenvalue weighted by Gasteiger charge is 2.17. The van der Waals surface area contributed by atoms with Gasteiger partial charge in [-0.25, -0.2) is 9.67 Å². The van der Waals surface area contributed by atoms with E-state index in [9.17, 15) is 8.78 Å². The van der Waals surface area contributed by atoms with Gasteiger partial charge < -0.3 is 10.2 Å². The number of hydrogen-bond acceptors (Lipinski definition) is 9. The van der Waals surface area contributed by atoms with Crippen molar-refractivity contribution < 1.29 is 13.2 Å². The fraction of sp³-hybridized carbons (Fsp3) is 0.111. The van der Waals surface area contributed by atoms with E-state index in [0.717, 1.165) is 15.8 Å². The molecule has 0 bridgehead atoms. The van der Waals surface area contributed by atoms with Crippen LogP contribution in [0.3, 0.4) is 0 Å². The number of anilines is 1. The van der Waals surface area contributed by atoms with Crippen LogP contribution in [0.4, 0.5) is 13.9 Å². The molecule has 0 fully saturated rings. The lowest BCUT2D eigenvalue weighted by molar-refractivity contribution is 0.116. The molecule has 4 heterocycles. The average Bonchev–Trinajstić information content (AvgIpc) is 3.47. The van der Waals surface area contributed by atoms with Crippen LogP contribution in [-0.2, 0) is 6.54 Å². The van der Waals surface area contributed by atoms with E-state index in [0.29, 0.717) is 28.6 Å². The van der Waals surface area contributed by atoms with Gasteiger partial charge in [-0.2, -0.15) is 8.78 Å². The van der Waals surface area contributed by atoms with E-state index in [1.165, 1.54) is 17.5 Å². The molecule has 5 rings (SSSR count). The van der Waals surface area contributed by atoms with Crippen LogP contribution < -0.4 is 5.73 Å². The minimum absolute atomic E-state index is 0.00788. The highest BCUT2D eigenvalue weighted by atomic mass is 32.1. The highest BCUT2D eigenvalue weighted by Crippen LogP contribution is 2.28. The van der Waals surface area contributed by atoms with Crippen molar-refractivity contribution in [2.24, 2.45) is 0 Å². The largest absolute Gasteiger partial charge is 0.415 e. The molecule has 0 radical (unpaired) electrons. The summed E-state index contributed by atoms with van der Waals surface area (Å²) in [5.74, 6) is -0.727. The lowest BCUT2D eigenvalue weighted by atomic mass is 10.1. The van der Waals surface area contributed by atoms with Crippen LogP contribution in [0.15, 0.2) is 47.1 Å². The molecule has 0 saturated heterocycles. The Morgan fingerprint density at radius 1 is 1.10 bits per heavy atom. The van der Waals surface area contributed by atoms with Gasteiger partial charge in [0.15, 0.2) is 5.13 Å². The van der Waals surface area contributed by atoms with E-state index in [1.54, 1.807) is 16.8 Å². The van der Waals surface area contributed by atoms with Gasteiger partial charge in [-0.1, -0.05) is 22.6 Å². The minimum atomic E-state index is -2.81. The van der Waals surface area contributed by atoms with Crippen molar-refractivity contribution in [1.29, 1.82) is 0 Å². The summed E-state index contributed by atoms with van der Waals surface area (Å²) in [5.41, 5.74) is 9.38. The Bertz CT molecular complexity index is 1330. The van der Waals surface area contributed by atoms with Crippen LogP contribution in [0.1, 0.15) is 18.0 Å². The zero-order valence-corrected chi connectivity index (χ0v) is 15.9. The molecule has 30 heavy (non-hydrogen) atoms. The predicted octanol–water partition coefficient (Wildman–Crippen LogP) is 3.57. The van der Waals surface area contributed by atoms with Crippen molar-refractivity contribution in [3.63, 3.8) is 0 Å². The summed E-state index contributed by atoms with van der Waals surface area (Å²) in [5, 5.41) is 15.8. The first-order valence-electron chi connectivity index (χ1n) is 8.68. The molecule has 12 heteroatoms. The first-order chi connectivity index (χ1) is 14.5. The molecule has 0 aliphatic carbocycles. The zero-order chi connectivity index (χ0) is 20.7. The number of halogens is 2. The van der Waals surface area contributed by atoms with Gasteiger partial charge in [-0.05, 0) is 24.3 Å². The second-order valence-corrected chi connectivity index (χ2v) is 7.38. The number of benzene rings is 1. The lowest BCUT2D eigenvalue weighted by Crippen LogP contribution is -2.02. The summed E-state index contributed by atoms with van der Waals surface area (Å²) < 4.78 is 32.7. The zero-order valence-electron chi connectivity index (χ0n) is 15.1. The van der Waals surface area contributed by atoms with E-state index < -0.39 is 12.3 Å². The van der Waals surface area contributed by atoms with Gasteiger partial charge in [0.25, 0.3) is 5.89 Å². The van der Waals surface area contributed by atoms with Crippen molar-refractivity contribution in [2.45, 2.75) is 13.0 Å². The third-order valence-electron chi connectivity index (χ3n) is 4.26. The SMILES string of the molecule is Nc1nc2ccc(-c3cn(Cc4ccc(-c5nnc(C(F)F)o5)cn4)nn3)cc2s1. The molecule has 9 nitrogen and oxygen atoms in total. The Labute approximate surface area is 171 Å². The highest BCUT2D eigenvalue weighted by molar-refractivity contribution is 7.22. The van der Waals surface area contributed by atoms with E-state index in [2.05, 4.69) is 30.5 Å². The quantitative estimate of drug-likeness (QED) is 0.453. The van der Waals surface area contributed by atoms with Crippen LogP contribution in [0.25, 0.3) is 32.9 Å². The summed E-state index contributed by atoms with van der Waals surface area (Å²) in [7, 11) is 0. The van der Waals surface area contributed by atoms with Gasteiger partial charge in [-0.15, -0.1) is 15.3 Å².